The SMILES string of the molecule is COC(=O)CCN1CCN(C(=O)C[C@@H]2C=CCC2)[C@H](C)C1. The Morgan fingerprint density at radius 3 is 2.76 bits per heavy atom. The maximum atomic E-state index is 12.4. The average Bonchev–Trinajstić information content (AvgIpc) is 2.97. The van der Waals surface area contributed by atoms with Gasteiger partial charge in [0.05, 0.1) is 13.5 Å². The fourth-order valence-electron chi connectivity index (χ4n) is 3.16. The van der Waals surface area contributed by atoms with E-state index in [1.54, 1.807) is 0 Å². The summed E-state index contributed by atoms with van der Waals surface area (Å²) in [4.78, 5) is 27.8. The van der Waals surface area contributed by atoms with E-state index < -0.39 is 0 Å². The third-order valence-electron chi connectivity index (χ3n) is 4.44. The minimum Gasteiger partial charge on any atom is -0.469 e. The summed E-state index contributed by atoms with van der Waals surface area (Å²) in [6.45, 7) is 5.24. The molecule has 0 bridgehead atoms. The van der Waals surface area contributed by atoms with Crippen molar-refractivity contribution >= 4 is 11.9 Å². The third-order valence-corrected chi connectivity index (χ3v) is 4.44. The van der Waals surface area contributed by atoms with Crippen molar-refractivity contribution in [1.29, 1.82) is 0 Å². The molecule has 1 aliphatic carbocycles. The van der Waals surface area contributed by atoms with Crippen LogP contribution in [0.3, 0.4) is 0 Å². The first-order valence-electron chi connectivity index (χ1n) is 7.85. The molecule has 21 heavy (non-hydrogen) atoms. The van der Waals surface area contributed by atoms with Crippen molar-refractivity contribution < 1.29 is 14.3 Å². The predicted molar refractivity (Wildman–Crippen MR) is 80.7 cm³/mol. The van der Waals surface area contributed by atoms with Crippen LogP contribution >= 0.6 is 0 Å². The van der Waals surface area contributed by atoms with Gasteiger partial charge in [0.2, 0.25) is 5.91 Å². The van der Waals surface area contributed by atoms with E-state index in [1.165, 1.54) is 7.11 Å². The van der Waals surface area contributed by atoms with E-state index in [0.29, 0.717) is 25.3 Å². The van der Waals surface area contributed by atoms with E-state index in [1.807, 2.05) is 4.90 Å². The zero-order valence-corrected chi connectivity index (χ0v) is 13.1. The van der Waals surface area contributed by atoms with Crippen molar-refractivity contribution in [2.45, 2.75) is 38.6 Å². The number of nitrogens with zero attached hydrogens (tertiary/aromatic N) is 2. The Bertz CT molecular complexity index is 408. The Kier molecular flexibility index (Phi) is 5.79. The highest BCUT2D eigenvalue weighted by Crippen LogP contribution is 2.22. The fraction of sp³-hybridized carbons (Fsp3) is 0.750. The van der Waals surface area contributed by atoms with Crippen LogP contribution in [0.1, 0.15) is 32.6 Å². The van der Waals surface area contributed by atoms with Crippen molar-refractivity contribution in [3.8, 4) is 0 Å². The Morgan fingerprint density at radius 1 is 1.33 bits per heavy atom. The summed E-state index contributed by atoms with van der Waals surface area (Å²) in [5.74, 6) is 0.530. The number of amides is 1. The Morgan fingerprint density at radius 2 is 2.14 bits per heavy atom. The second kappa shape index (κ2) is 7.59. The second-order valence-corrected chi connectivity index (χ2v) is 6.03. The Hall–Kier alpha value is -1.36. The molecule has 0 aromatic heterocycles. The van der Waals surface area contributed by atoms with Crippen molar-refractivity contribution in [2.24, 2.45) is 5.92 Å². The normalized spacial score (nSPS) is 26.1. The maximum Gasteiger partial charge on any atom is 0.306 e. The highest BCUT2D eigenvalue weighted by Gasteiger charge is 2.28. The van der Waals surface area contributed by atoms with Gasteiger partial charge in [-0.3, -0.25) is 14.5 Å². The fourth-order valence-corrected chi connectivity index (χ4v) is 3.16. The van der Waals surface area contributed by atoms with E-state index in [-0.39, 0.29) is 17.9 Å². The minimum absolute atomic E-state index is 0.172. The molecule has 1 saturated heterocycles. The van der Waals surface area contributed by atoms with Gasteiger partial charge in [-0.25, -0.2) is 0 Å². The summed E-state index contributed by atoms with van der Waals surface area (Å²) in [5.41, 5.74) is 0. The highest BCUT2D eigenvalue weighted by atomic mass is 16.5. The zero-order chi connectivity index (χ0) is 15.2. The maximum absolute atomic E-state index is 12.4. The monoisotopic (exact) mass is 294 g/mol. The molecule has 0 saturated carbocycles. The molecule has 1 fully saturated rings. The van der Waals surface area contributed by atoms with E-state index >= 15 is 0 Å². The summed E-state index contributed by atoms with van der Waals surface area (Å²) < 4.78 is 4.67. The van der Waals surface area contributed by atoms with Gasteiger partial charge in [0.1, 0.15) is 0 Å². The molecule has 5 nitrogen and oxygen atoms in total. The topological polar surface area (TPSA) is 49.9 Å². The smallest absolute Gasteiger partial charge is 0.306 e. The third kappa shape index (κ3) is 4.56. The van der Waals surface area contributed by atoms with Crippen LogP contribution in [0.25, 0.3) is 0 Å². The van der Waals surface area contributed by atoms with Gasteiger partial charge in [0.15, 0.2) is 0 Å². The molecule has 0 radical (unpaired) electrons. The molecule has 2 rings (SSSR count). The molecule has 0 N–H and O–H groups in total. The number of rotatable bonds is 5. The largest absolute Gasteiger partial charge is 0.469 e. The van der Waals surface area contributed by atoms with Crippen LogP contribution in [0.5, 0.6) is 0 Å². The molecule has 5 heteroatoms. The molecule has 0 aromatic rings. The highest BCUT2D eigenvalue weighted by molar-refractivity contribution is 5.77. The Balaban J connectivity index is 1.76. The van der Waals surface area contributed by atoms with Crippen LogP contribution in [0.2, 0.25) is 0 Å². The molecule has 1 amide bonds. The van der Waals surface area contributed by atoms with Gasteiger partial charge in [-0.05, 0) is 25.7 Å². The van der Waals surface area contributed by atoms with Crippen LogP contribution in [-0.2, 0) is 14.3 Å². The second-order valence-electron chi connectivity index (χ2n) is 6.03. The number of esters is 1. The first-order valence-corrected chi connectivity index (χ1v) is 7.85. The zero-order valence-electron chi connectivity index (χ0n) is 13.1. The quantitative estimate of drug-likeness (QED) is 0.569. The number of hydrogen-bond acceptors (Lipinski definition) is 4. The van der Waals surface area contributed by atoms with Crippen molar-refractivity contribution in [3.05, 3.63) is 12.2 Å². The van der Waals surface area contributed by atoms with Gasteiger partial charge in [0, 0.05) is 38.6 Å². The molecule has 118 valence electrons. The predicted octanol–water partition coefficient (Wildman–Crippen LogP) is 1.44. The molecular formula is C16H26N2O3. The lowest BCUT2D eigenvalue weighted by molar-refractivity contribution is -0.142. The van der Waals surface area contributed by atoms with Crippen molar-refractivity contribution in [2.75, 3.05) is 33.3 Å². The summed E-state index contributed by atoms with van der Waals surface area (Å²) in [6, 6.07) is 0.217. The number of piperazine rings is 1. The lowest BCUT2D eigenvalue weighted by Gasteiger charge is -2.40. The summed E-state index contributed by atoms with van der Waals surface area (Å²) in [6.07, 6.45) is 7.63. The van der Waals surface area contributed by atoms with Gasteiger partial charge in [-0.1, -0.05) is 12.2 Å². The lowest BCUT2D eigenvalue weighted by Crippen LogP contribution is -2.54. The molecule has 0 spiro atoms. The number of carbonyl (C=O) groups is 2. The molecular weight excluding hydrogens is 268 g/mol. The van der Waals surface area contributed by atoms with Crippen LogP contribution in [0.4, 0.5) is 0 Å². The lowest BCUT2D eigenvalue weighted by atomic mass is 10.0. The molecule has 2 atom stereocenters. The number of carbonyl (C=O) groups excluding carboxylic acids is 2. The molecule has 0 aromatic carbocycles. The number of methoxy groups -OCH3 is 1. The molecule has 0 unspecified atom stereocenters. The van der Waals surface area contributed by atoms with Gasteiger partial charge >= 0.3 is 5.97 Å². The van der Waals surface area contributed by atoms with Crippen LogP contribution in [0, 0.1) is 5.92 Å². The first kappa shape index (κ1) is 16.0. The molecule has 1 heterocycles. The van der Waals surface area contributed by atoms with Crippen LogP contribution < -0.4 is 0 Å². The molecule has 1 aliphatic heterocycles. The van der Waals surface area contributed by atoms with Gasteiger partial charge in [-0.15, -0.1) is 0 Å². The van der Waals surface area contributed by atoms with Gasteiger partial charge in [-0.2, -0.15) is 0 Å². The summed E-state index contributed by atoms with van der Waals surface area (Å²) >= 11 is 0. The summed E-state index contributed by atoms with van der Waals surface area (Å²) in [7, 11) is 1.42. The minimum atomic E-state index is -0.172. The number of hydrogen-bond donors (Lipinski definition) is 0. The van der Waals surface area contributed by atoms with E-state index in [0.717, 1.165) is 32.5 Å². The first-order chi connectivity index (χ1) is 10.1. The van der Waals surface area contributed by atoms with Crippen molar-refractivity contribution in [3.63, 3.8) is 0 Å². The van der Waals surface area contributed by atoms with Crippen LogP contribution in [-0.4, -0.2) is 61.0 Å². The standard InChI is InChI=1S/C16H26N2O3/c1-13-12-17(8-7-16(20)21-2)9-10-18(13)15(19)11-14-5-3-4-6-14/h3,5,13-14H,4,6-12H2,1-2H3/t13-,14-/m1/s1. The van der Waals surface area contributed by atoms with E-state index in [9.17, 15) is 9.59 Å². The number of ether oxygens (including phenoxy) is 1. The van der Waals surface area contributed by atoms with Crippen molar-refractivity contribution in [1.82, 2.24) is 9.80 Å². The summed E-state index contributed by atoms with van der Waals surface area (Å²) in [5, 5.41) is 0. The van der Waals surface area contributed by atoms with E-state index in [4.69, 9.17) is 0 Å². The van der Waals surface area contributed by atoms with Gasteiger partial charge in [0.25, 0.3) is 0 Å². The van der Waals surface area contributed by atoms with Gasteiger partial charge < -0.3 is 9.64 Å². The van der Waals surface area contributed by atoms with Crippen LogP contribution in [0.15, 0.2) is 12.2 Å². The average molecular weight is 294 g/mol. The molecule has 2 aliphatic rings. The Labute approximate surface area is 126 Å². The van der Waals surface area contributed by atoms with E-state index in [2.05, 4.69) is 28.7 Å². The number of allylic oxidation sites excluding steroid dienone is 2.